The summed E-state index contributed by atoms with van der Waals surface area (Å²) in [6.45, 7) is 0. The smallest absolute Gasteiger partial charge is 0.231 e. The number of aromatic nitrogens is 4. The first-order valence-corrected chi connectivity index (χ1v) is 13.4. The Labute approximate surface area is 204 Å². The van der Waals surface area contributed by atoms with Crippen LogP contribution in [0.5, 0.6) is 23.3 Å². The summed E-state index contributed by atoms with van der Waals surface area (Å²) in [6, 6.07) is 7.70. The molecule has 0 saturated carbocycles. The van der Waals surface area contributed by atoms with Gasteiger partial charge in [-0.2, -0.15) is 0 Å². The zero-order chi connectivity index (χ0) is 22.5. The summed E-state index contributed by atoms with van der Waals surface area (Å²) in [7, 11) is 0. The van der Waals surface area contributed by atoms with E-state index in [1.54, 1.807) is 35.3 Å². The van der Waals surface area contributed by atoms with E-state index < -0.39 is 0 Å². The van der Waals surface area contributed by atoms with Crippen LogP contribution in [-0.2, 0) is 25.7 Å². The molecule has 0 N–H and O–H groups in total. The third-order valence-corrected chi connectivity index (χ3v) is 9.07. The van der Waals surface area contributed by atoms with Crippen LogP contribution in [0.25, 0.3) is 20.4 Å². The lowest BCUT2D eigenvalue weighted by Gasteiger charge is -2.13. The van der Waals surface area contributed by atoms with Crippen molar-refractivity contribution < 1.29 is 9.47 Å². The summed E-state index contributed by atoms with van der Waals surface area (Å²) in [5, 5.41) is 2.13. The minimum absolute atomic E-state index is 0.623. The van der Waals surface area contributed by atoms with Gasteiger partial charge < -0.3 is 9.47 Å². The summed E-state index contributed by atoms with van der Waals surface area (Å²) in [5.74, 6) is 2.62. The predicted octanol–water partition coefficient (Wildman–Crippen LogP) is 7.04. The topological polar surface area (TPSA) is 70.0 Å². The Kier molecular flexibility index (Phi) is 4.94. The Balaban J connectivity index is 1.23. The summed E-state index contributed by atoms with van der Waals surface area (Å²) in [4.78, 5) is 22.9. The molecule has 6 nitrogen and oxygen atoms in total. The molecular formula is C26H22N4O2S2. The lowest BCUT2D eigenvalue weighted by molar-refractivity contribution is 0.446. The monoisotopic (exact) mass is 486 g/mol. The number of hydrogen-bond donors (Lipinski definition) is 0. The zero-order valence-electron chi connectivity index (χ0n) is 18.5. The molecule has 0 amide bonds. The molecule has 2 aliphatic rings. The summed E-state index contributed by atoms with van der Waals surface area (Å²) >= 11 is 3.55. The Hall–Kier alpha value is -3.10. The molecule has 8 heteroatoms. The maximum absolute atomic E-state index is 6.30. The lowest BCUT2D eigenvalue weighted by Crippen LogP contribution is -2.00. The second-order valence-corrected chi connectivity index (χ2v) is 11.0. The van der Waals surface area contributed by atoms with Gasteiger partial charge in [0.05, 0.1) is 10.8 Å². The summed E-state index contributed by atoms with van der Waals surface area (Å²) < 4.78 is 12.6. The molecule has 0 unspecified atom stereocenters. The van der Waals surface area contributed by atoms with Crippen LogP contribution in [0.1, 0.15) is 46.6 Å². The van der Waals surface area contributed by atoms with Crippen molar-refractivity contribution in [3.63, 3.8) is 0 Å². The number of rotatable bonds is 4. The third kappa shape index (κ3) is 3.44. The number of thiophene rings is 2. The van der Waals surface area contributed by atoms with Crippen molar-refractivity contribution in [1.82, 2.24) is 19.9 Å². The lowest BCUT2D eigenvalue weighted by atomic mass is 9.97. The number of hydrogen-bond acceptors (Lipinski definition) is 8. The van der Waals surface area contributed by atoms with E-state index in [-0.39, 0.29) is 0 Å². The SMILES string of the molecule is c1cc(Oc2ncnc3sc4c(c23)CCCC4)cc(Oc2ncnc3sc4c(c23)CCCC4)c1. The van der Waals surface area contributed by atoms with Gasteiger partial charge in [-0.05, 0) is 74.6 Å². The molecule has 0 fully saturated rings. The molecule has 4 aromatic heterocycles. The first-order chi connectivity index (χ1) is 16.8. The number of fused-ring (bicyclic) bond motifs is 6. The summed E-state index contributed by atoms with van der Waals surface area (Å²) in [6.07, 6.45) is 12.5. The summed E-state index contributed by atoms with van der Waals surface area (Å²) in [5.41, 5.74) is 2.72. The normalized spacial score (nSPS) is 15.3. The van der Waals surface area contributed by atoms with Crippen molar-refractivity contribution in [2.24, 2.45) is 0 Å². The Morgan fingerprint density at radius 2 is 1.12 bits per heavy atom. The molecule has 4 heterocycles. The minimum Gasteiger partial charge on any atom is -0.438 e. The van der Waals surface area contributed by atoms with Gasteiger partial charge in [0, 0.05) is 15.8 Å². The van der Waals surface area contributed by atoms with Crippen LogP contribution in [0.2, 0.25) is 0 Å². The first-order valence-electron chi connectivity index (χ1n) is 11.8. The van der Waals surface area contributed by atoms with Crippen molar-refractivity contribution in [3.05, 3.63) is 57.8 Å². The minimum atomic E-state index is 0.623. The van der Waals surface area contributed by atoms with Gasteiger partial charge in [0.25, 0.3) is 0 Å². The fourth-order valence-electron chi connectivity index (χ4n) is 5.10. The van der Waals surface area contributed by atoms with Crippen LogP contribution in [0, 0.1) is 0 Å². The van der Waals surface area contributed by atoms with Gasteiger partial charge in [-0.15, -0.1) is 22.7 Å². The Morgan fingerprint density at radius 3 is 1.65 bits per heavy atom. The van der Waals surface area contributed by atoms with Gasteiger partial charge in [0.15, 0.2) is 0 Å². The van der Waals surface area contributed by atoms with E-state index in [1.807, 2.05) is 24.3 Å². The largest absolute Gasteiger partial charge is 0.438 e. The maximum Gasteiger partial charge on any atom is 0.231 e. The van der Waals surface area contributed by atoms with Gasteiger partial charge in [0.1, 0.15) is 33.8 Å². The van der Waals surface area contributed by atoms with Gasteiger partial charge >= 0.3 is 0 Å². The van der Waals surface area contributed by atoms with E-state index >= 15 is 0 Å². The zero-order valence-corrected chi connectivity index (χ0v) is 20.2. The van der Waals surface area contributed by atoms with Crippen LogP contribution in [0.3, 0.4) is 0 Å². The number of ether oxygens (including phenoxy) is 2. The van der Waals surface area contributed by atoms with Crippen LogP contribution in [0.4, 0.5) is 0 Å². The molecule has 5 aromatic rings. The number of aryl methyl sites for hydroxylation is 4. The molecule has 0 spiro atoms. The molecule has 0 radical (unpaired) electrons. The van der Waals surface area contributed by atoms with E-state index in [9.17, 15) is 0 Å². The highest BCUT2D eigenvalue weighted by Gasteiger charge is 2.22. The molecule has 0 saturated heterocycles. The average molecular weight is 487 g/mol. The van der Waals surface area contributed by atoms with E-state index in [4.69, 9.17) is 9.47 Å². The molecule has 0 bridgehead atoms. The van der Waals surface area contributed by atoms with E-state index in [1.165, 1.54) is 46.6 Å². The molecule has 34 heavy (non-hydrogen) atoms. The van der Waals surface area contributed by atoms with E-state index in [0.717, 1.165) is 46.1 Å². The predicted molar refractivity (Wildman–Crippen MR) is 135 cm³/mol. The first kappa shape index (κ1) is 20.3. The standard InChI is InChI=1S/C26H22N4O2S2/c1-3-10-19-17(8-1)21-23(27-13-29-25(21)33-19)31-15-6-5-7-16(12-15)32-24-22-18-9-2-4-11-20(18)34-26(22)30-14-28-24/h5-7,12-14H,1-4,8-11H2. The van der Waals surface area contributed by atoms with Gasteiger partial charge in [-0.1, -0.05) is 6.07 Å². The van der Waals surface area contributed by atoms with Crippen molar-refractivity contribution in [3.8, 4) is 23.3 Å². The highest BCUT2D eigenvalue weighted by Crippen LogP contribution is 2.42. The van der Waals surface area contributed by atoms with Gasteiger partial charge in [-0.3, -0.25) is 0 Å². The van der Waals surface area contributed by atoms with Gasteiger partial charge in [0.2, 0.25) is 11.8 Å². The number of nitrogens with zero attached hydrogens (tertiary/aromatic N) is 4. The quantitative estimate of drug-likeness (QED) is 0.271. The molecular weight excluding hydrogens is 464 g/mol. The Bertz CT molecular complexity index is 1430. The van der Waals surface area contributed by atoms with Gasteiger partial charge in [-0.25, -0.2) is 19.9 Å². The molecule has 2 aliphatic carbocycles. The highest BCUT2D eigenvalue weighted by molar-refractivity contribution is 7.19. The highest BCUT2D eigenvalue weighted by atomic mass is 32.1. The van der Waals surface area contributed by atoms with Crippen LogP contribution in [0.15, 0.2) is 36.9 Å². The molecule has 0 aliphatic heterocycles. The van der Waals surface area contributed by atoms with E-state index in [2.05, 4.69) is 19.9 Å². The Morgan fingerprint density at radius 1 is 0.618 bits per heavy atom. The molecule has 0 atom stereocenters. The molecule has 170 valence electrons. The maximum atomic E-state index is 6.30. The third-order valence-electron chi connectivity index (χ3n) is 6.67. The second kappa shape index (κ2) is 8.29. The van der Waals surface area contributed by atoms with Crippen LogP contribution < -0.4 is 9.47 Å². The van der Waals surface area contributed by atoms with Crippen molar-refractivity contribution in [2.45, 2.75) is 51.4 Å². The van der Waals surface area contributed by atoms with Crippen molar-refractivity contribution in [1.29, 1.82) is 0 Å². The van der Waals surface area contributed by atoms with Crippen LogP contribution in [-0.4, -0.2) is 19.9 Å². The number of benzene rings is 1. The fraction of sp³-hybridized carbons (Fsp3) is 0.308. The second-order valence-electron chi connectivity index (χ2n) is 8.82. The molecule has 7 rings (SSSR count). The fourth-order valence-corrected chi connectivity index (χ4v) is 7.54. The van der Waals surface area contributed by atoms with Crippen molar-refractivity contribution in [2.75, 3.05) is 0 Å². The van der Waals surface area contributed by atoms with Crippen molar-refractivity contribution >= 4 is 43.1 Å². The molecule has 1 aromatic carbocycles. The van der Waals surface area contributed by atoms with E-state index in [0.29, 0.717) is 23.3 Å². The average Bonchev–Trinajstić information content (AvgIpc) is 3.44. The van der Waals surface area contributed by atoms with Crippen LogP contribution >= 0.6 is 22.7 Å².